The molecule has 0 aromatic carbocycles. The first-order valence-corrected chi connectivity index (χ1v) is 10.5. The summed E-state index contributed by atoms with van der Waals surface area (Å²) < 4.78 is 4.30. The first-order valence-electron chi connectivity index (χ1n) is 10.5. The SMILES string of the molecule is C[C@@H]1CN(Cc2nnc(CN3C[C@H](C)N[C@@H](C)C3)n2-n2cccc2)C[C@H](C)N1. The van der Waals surface area contributed by atoms with E-state index in [-0.39, 0.29) is 0 Å². The van der Waals surface area contributed by atoms with E-state index in [0.29, 0.717) is 24.2 Å². The van der Waals surface area contributed by atoms with Gasteiger partial charge in [0.25, 0.3) is 0 Å². The largest absolute Gasteiger partial charge is 0.309 e. The predicted octanol–water partition coefficient (Wildman–Crippen LogP) is 0.755. The zero-order chi connectivity index (χ0) is 19.7. The number of nitrogens with zero attached hydrogens (tertiary/aromatic N) is 6. The van der Waals surface area contributed by atoms with Gasteiger partial charge in [-0.15, -0.1) is 10.2 Å². The highest BCUT2D eigenvalue weighted by atomic mass is 15.5. The van der Waals surface area contributed by atoms with Gasteiger partial charge in [0, 0.05) is 62.7 Å². The minimum Gasteiger partial charge on any atom is -0.309 e. The summed E-state index contributed by atoms with van der Waals surface area (Å²) in [6.45, 7) is 14.8. The quantitative estimate of drug-likeness (QED) is 0.791. The van der Waals surface area contributed by atoms with Gasteiger partial charge in [-0.1, -0.05) is 0 Å². The van der Waals surface area contributed by atoms with E-state index in [4.69, 9.17) is 0 Å². The van der Waals surface area contributed by atoms with Gasteiger partial charge in [-0.2, -0.15) is 0 Å². The van der Waals surface area contributed by atoms with Crippen molar-refractivity contribution < 1.29 is 0 Å². The second kappa shape index (κ2) is 8.32. The predicted molar refractivity (Wildman–Crippen MR) is 110 cm³/mol. The van der Waals surface area contributed by atoms with Gasteiger partial charge in [-0.25, -0.2) is 4.68 Å². The molecule has 0 saturated carbocycles. The summed E-state index contributed by atoms with van der Waals surface area (Å²) in [5.74, 6) is 2.01. The highest BCUT2D eigenvalue weighted by Crippen LogP contribution is 2.14. The Kier molecular flexibility index (Phi) is 5.82. The molecular weight excluding hydrogens is 352 g/mol. The lowest BCUT2D eigenvalue weighted by atomic mass is 10.1. The van der Waals surface area contributed by atoms with E-state index in [1.54, 1.807) is 0 Å². The molecule has 4 rings (SSSR count). The van der Waals surface area contributed by atoms with Gasteiger partial charge in [0.05, 0.1) is 13.1 Å². The maximum absolute atomic E-state index is 4.61. The fraction of sp³-hybridized carbons (Fsp3) is 0.700. The summed E-state index contributed by atoms with van der Waals surface area (Å²) in [7, 11) is 0. The molecule has 8 heteroatoms. The van der Waals surface area contributed by atoms with Crippen LogP contribution in [0.5, 0.6) is 0 Å². The molecule has 0 aliphatic carbocycles. The van der Waals surface area contributed by atoms with E-state index >= 15 is 0 Å². The summed E-state index contributed by atoms with van der Waals surface area (Å²) in [5, 5.41) is 16.4. The molecular formula is C20H34N8. The lowest BCUT2D eigenvalue weighted by molar-refractivity contribution is 0.156. The van der Waals surface area contributed by atoms with Gasteiger partial charge in [0.15, 0.2) is 11.6 Å². The van der Waals surface area contributed by atoms with Crippen molar-refractivity contribution in [2.75, 3.05) is 26.2 Å². The van der Waals surface area contributed by atoms with Crippen molar-refractivity contribution in [1.82, 2.24) is 40.0 Å². The maximum atomic E-state index is 4.61. The molecule has 0 bridgehead atoms. The molecule has 2 aliphatic heterocycles. The normalized spacial score (nSPS) is 30.0. The van der Waals surface area contributed by atoms with Crippen molar-refractivity contribution in [2.24, 2.45) is 0 Å². The van der Waals surface area contributed by atoms with Crippen LogP contribution in [0.3, 0.4) is 0 Å². The molecule has 0 spiro atoms. The lowest BCUT2D eigenvalue weighted by Gasteiger charge is -2.36. The molecule has 154 valence electrons. The first-order chi connectivity index (χ1) is 13.5. The van der Waals surface area contributed by atoms with Crippen LogP contribution in [0.1, 0.15) is 39.3 Å². The standard InChI is InChI=1S/C20H34N8/c1-15-9-25(10-16(2)21-15)13-19-23-24-20(28(19)27-7-5-6-8-27)14-26-11-17(3)22-18(4)12-26/h5-8,15-18,21-22H,9-14H2,1-4H3/t15-,16-,17-,18+/m0/s1. The molecule has 2 saturated heterocycles. The highest BCUT2D eigenvalue weighted by molar-refractivity contribution is 5.03. The Labute approximate surface area is 167 Å². The zero-order valence-electron chi connectivity index (χ0n) is 17.5. The number of nitrogens with one attached hydrogen (secondary N) is 2. The zero-order valence-corrected chi connectivity index (χ0v) is 17.5. The van der Waals surface area contributed by atoms with Crippen molar-refractivity contribution in [1.29, 1.82) is 0 Å². The average Bonchev–Trinajstić information content (AvgIpc) is 3.23. The Hall–Kier alpha value is -1.74. The van der Waals surface area contributed by atoms with E-state index in [2.05, 4.69) is 92.2 Å². The van der Waals surface area contributed by atoms with Gasteiger partial charge in [-0.3, -0.25) is 14.5 Å². The second-order valence-electron chi connectivity index (χ2n) is 8.73. The minimum atomic E-state index is 0.495. The Balaban J connectivity index is 1.56. The molecule has 28 heavy (non-hydrogen) atoms. The molecule has 2 aliphatic rings. The average molecular weight is 387 g/mol. The van der Waals surface area contributed by atoms with Crippen LogP contribution in [0, 0.1) is 0 Å². The van der Waals surface area contributed by atoms with Crippen LogP contribution in [-0.4, -0.2) is 79.7 Å². The van der Waals surface area contributed by atoms with E-state index < -0.39 is 0 Å². The molecule has 2 aromatic rings. The number of hydrogen-bond acceptors (Lipinski definition) is 6. The summed E-state index contributed by atoms with van der Waals surface area (Å²) in [6, 6.07) is 6.09. The Morgan fingerprint density at radius 3 is 1.54 bits per heavy atom. The van der Waals surface area contributed by atoms with Crippen molar-refractivity contribution in [3.05, 3.63) is 36.2 Å². The van der Waals surface area contributed by atoms with Crippen molar-refractivity contribution in [3.8, 4) is 0 Å². The van der Waals surface area contributed by atoms with Crippen LogP contribution in [0.2, 0.25) is 0 Å². The van der Waals surface area contributed by atoms with E-state index in [1.165, 1.54) is 0 Å². The summed E-state index contributed by atoms with van der Waals surface area (Å²) >= 11 is 0. The van der Waals surface area contributed by atoms with Crippen LogP contribution in [0.15, 0.2) is 24.5 Å². The second-order valence-corrected chi connectivity index (χ2v) is 8.73. The highest BCUT2D eigenvalue weighted by Gasteiger charge is 2.26. The maximum Gasteiger partial charge on any atom is 0.167 e. The molecule has 8 nitrogen and oxygen atoms in total. The van der Waals surface area contributed by atoms with E-state index in [9.17, 15) is 0 Å². The van der Waals surface area contributed by atoms with Gasteiger partial charge < -0.3 is 10.6 Å². The number of hydrogen-bond donors (Lipinski definition) is 2. The third-order valence-corrected chi connectivity index (χ3v) is 5.59. The monoisotopic (exact) mass is 386 g/mol. The fourth-order valence-corrected chi connectivity index (χ4v) is 4.81. The van der Waals surface area contributed by atoms with Gasteiger partial charge in [-0.05, 0) is 39.8 Å². The minimum absolute atomic E-state index is 0.495. The van der Waals surface area contributed by atoms with Crippen molar-refractivity contribution in [3.63, 3.8) is 0 Å². The van der Waals surface area contributed by atoms with Gasteiger partial charge >= 0.3 is 0 Å². The van der Waals surface area contributed by atoms with Crippen LogP contribution < -0.4 is 10.6 Å². The Bertz CT molecular complexity index is 689. The Morgan fingerprint density at radius 1 is 0.750 bits per heavy atom. The van der Waals surface area contributed by atoms with E-state index in [1.807, 2.05) is 0 Å². The van der Waals surface area contributed by atoms with Crippen molar-refractivity contribution >= 4 is 0 Å². The lowest BCUT2D eigenvalue weighted by Crippen LogP contribution is -2.54. The number of aromatic nitrogens is 4. The first kappa shape index (κ1) is 19.6. The molecule has 2 fully saturated rings. The third-order valence-electron chi connectivity index (χ3n) is 5.59. The number of rotatable bonds is 5. The molecule has 0 unspecified atom stereocenters. The van der Waals surface area contributed by atoms with E-state index in [0.717, 1.165) is 50.9 Å². The van der Waals surface area contributed by atoms with Crippen LogP contribution in [0.4, 0.5) is 0 Å². The van der Waals surface area contributed by atoms with Crippen LogP contribution in [-0.2, 0) is 13.1 Å². The molecule has 4 atom stereocenters. The molecule has 4 heterocycles. The Morgan fingerprint density at radius 2 is 1.14 bits per heavy atom. The van der Waals surface area contributed by atoms with Gasteiger partial charge in [0.1, 0.15) is 0 Å². The summed E-state index contributed by atoms with van der Waals surface area (Å²) in [4.78, 5) is 4.96. The molecule has 2 aromatic heterocycles. The van der Waals surface area contributed by atoms with Crippen LogP contribution in [0.25, 0.3) is 0 Å². The van der Waals surface area contributed by atoms with Crippen LogP contribution >= 0.6 is 0 Å². The number of piperazine rings is 2. The fourth-order valence-electron chi connectivity index (χ4n) is 4.81. The van der Waals surface area contributed by atoms with Gasteiger partial charge in [0.2, 0.25) is 0 Å². The smallest absolute Gasteiger partial charge is 0.167 e. The van der Waals surface area contributed by atoms with Crippen molar-refractivity contribution in [2.45, 2.75) is 65.0 Å². The molecule has 0 amide bonds. The summed E-state index contributed by atoms with van der Waals surface area (Å²) in [6.07, 6.45) is 4.14. The topological polar surface area (TPSA) is 66.2 Å². The third kappa shape index (κ3) is 4.46. The molecule has 2 N–H and O–H groups in total. The molecule has 0 radical (unpaired) electrons. The summed E-state index contributed by atoms with van der Waals surface area (Å²) in [5.41, 5.74) is 0.